The number of hydrogen-bond donors (Lipinski definition) is 3. The lowest BCUT2D eigenvalue weighted by Gasteiger charge is -2.20. The van der Waals surface area contributed by atoms with Crippen LogP contribution in [0.25, 0.3) is 0 Å². The zero-order valence-corrected chi connectivity index (χ0v) is 18.7. The summed E-state index contributed by atoms with van der Waals surface area (Å²) in [6.45, 7) is 0. The maximum absolute atomic E-state index is 11.3. The van der Waals surface area contributed by atoms with Crippen molar-refractivity contribution in [3.05, 3.63) is 72.8 Å². The normalized spacial score (nSPS) is 12.3. The van der Waals surface area contributed by atoms with Crippen molar-refractivity contribution in [3.63, 3.8) is 0 Å². The topological polar surface area (TPSA) is 147 Å². The number of hydrogen-bond acceptors (Lipinski definition) is 8. The second-order valence-electron chi connectivity index (χ2n) is 5.99. The van der Waals surface area contributed by atoms with Gasteiger partial charge < -0.3 is 0 Å². The molecule has 0 fully saturated rings. The SMILES string of the molecule is O=S(=O)(O)c1ccc(P(c2ccc(SOOO)cc2)c2ccc(S(=O)(=O)O)cc2)cc1. The molecular weight excluding hydrogens is 487 g/mol. The summed E-state index contributed by atoms with van der Waals surface area (Å²) >= 11 is 0.788. The molecule has 164 valence electrons. The van der Waals surface area contributed by atoms with E-state index in [2.05, 4.69) is 9.37 Å². The van der Waals surface area contributed by atoms with Crippen LogP contribution in [0.5, 0.6) is 0 Å². The van der Waals surface area contributed by atoms with Gasteiger partial charge in [0.05, 0.1) is 21.8 Å². The third-order valence-corrected chi connectivity index (χ3v) is 8.81. The molecule has 0 unspecified atom stereocenters. The molecule has 0 aliphatic rings. The van der Waals surface area contributed by atoms with Crippen molar-refractivity contribution in [1.29, 1.82) is 0 Å². The summed E-state index contributed by atoms with van der Waals surface area (Å²) in [7, 11) is -9.95. The molecule has 0 aliphatic carbocycles. The Hall–Kier alpha value is -1.86. The molecule has 0 aliphatic heterocycles. The Balaban J connectivity index is 2.05. The highest BCUT2D eigenvalue weighted by atomic mass is 32.2. The molecule has 0 bridgehead atoms. The Kier molecular flexibility index (Phi) is 7.47. The fourth-order valence-corrected chi connectivity index (χ4v) is 6.24. The van der Waals surface area contributed by atoms with E-state index in [0.717, 1.165) is 28.0 Å². The molecule has 0 saturated heterocycles. The molecule has 0 aromatic heterocycles. The Bertz CT molecular complexity index is 1170. The fraction of sp³-hybridized carbons (Fsp3) is 0. The smallest absolute Gasteiger partial charge is 0.282 e. The Morgan fingerprint density at radius 1 is 0.645 bits per heavy atom. The maximum Gasteiger partial charge on any atom is 0.294 e. The summed E-state index contributed by atoms with van der Waals surface area (Å²) in [6, 6.07) is 18.4. The molecule has 0 atom stereocenters. The second kappa shape index (κ2) is 9.74. The van der Waals surface area contributed by atoms with E-state index in [0.29, 0.717) is 4.90 Å². The van der Waals surface area contributed by atoms with Crippen molar-refractivity contribution in [2.45, 2.75) is 14.7 Å². The van der Waals surface area contributed by atoms with Gasteiger partial charge in [-0.1, -0.05) is 41.4 Å². The van der Waals surface area contributed by atoms with Gasteiger partial charge in [-0.15, -0.1) is 4.33 Å². The van der Waals surface area contributed by atoms with Gasteiger partial charge in [-0.25, -0.2) is 5.26 Å². The summed E-state index contributed by atoms with van der Waals surface area (Å²) < 4.78 is 68.2. The lowest BCUT2D eigenvalue weighted by atomic mass is 10.3. The number of rotatable bonds is 8. The van der Waals surface area contributed by atoms with Crippen LogP contribution in [0, 0.1) is 0 Å². The van der Waals surface area contributed by atoms with E-state index in [9.17, 15) is 25.9 Å². The molecule has 9 nitrogen and oxygen atoms in total. The summed E-state index contributed by atoms with van der Waals surface area (Å²) in [5.74, 6) is 0. The highest BCUT2D eigenvalue weighted by molar-refractivity contribution is 7.94. The molecule has 0 amide bonds. The highest BCUT2D eigenvalue weighted by Crippen LogP contribution is 2.34. The average molecular weight is 502 g/mol. The Morgan fingerprint density at radius 2 is 1.00 bits per heavy atom. The van der Waals surface area contributed by atoms with Crippen LogP contribution in [0.15, 0.2) is 87.5 Å². The molecule has 0 spiro atoms. The largest absolute Gasteiger partial charge is 0.294 e. The summed E-state index contributed by atoms with van der Waals surface area (Å²) in [6.07, 6.45) is 0. The third kappa shape index (κ3) is 6.10. The zero-order valence-electron chi connectivity index (χ0n) is 15.4. The van der Waals surface area contributed by atoms with E-state index >= 15 is 0 Å². The minimum absolute atomic E-state index is 0.249. The van der Waals surface area contributed by atoms with Gasteiger partial charge >= 0.3 is 0 Å². The van der Waals surface area contributed by atoms with Crippen molar-refractivity contribution < 1.29 is 40.6 Å². The van der Waals surface area contributed by atoms with Crippen LogP contribution >= 0.6 is 20.0 Å². The average Bonchev–Trinajstić information content (AvgIpc) is 2.73. The first kappa shape index (κ1) is 23.8. The Labute approximate surface area is 184 Å². The summed E-state index contributed by atoms with van der Waals surface area (Å²) in [4.78, 5) is 0.137. The first-order valence-electron chi connectivity index (χ1n) is 8.30. The predicted octanol–water partition coefficient (Wildman–Crippen LogP) is 2.37. The molecule has 3 aromatic rings. The van der Waals surface area contributed by atoms with E-state index < -0.39 is 28.2 Å². The van der Waals surface area contributed by atoms with Gasteiger partial charge in [0.15, 0.2) is 0 Å². The molecule has 13 heteroatoms. The van der Waals surface area contributed by atoms with Crippen molar-refractivity contribution in [2.75, 3.05) is 0 Å². The van der Waals surface area contributed by atoms with E-state index in [1.807, 2.05) is 0 Å². The standard InChI is InChI=1S/C18H15O9PS3/c19-26-27-29-16-7-1-13(2-8-16)28(14-3-9-17(10-4-14)30(20,21)22)15-5-11-18(12-6-15)31(23,24)25/h1-12,19H,(H,20,21,22)(H,23,24,25). The summed E-state index contributed by atoms with van der Waals surface area (Å²) in [5, 5.41) is 14.1. The molecule has 31 heavy (non-hydrogen) atoms. The monoisotopic (exact) mass is 502 g/mol. The summed E-state index contributed by atoms with van der Waals surface area (Å²) in [5.41, 5.74) is 0. The van der Waals surface area contributed by atoms with Crippen LogP contribution in [-0.2, 0) is 29.6 Å². The zero-order chi connectivity index (χ0) is 22.6. The van der Waals surface area contributed by atoms with Gasteiger partial charge in [-0.05, 0) is 60.2 Å². The van der Waals surface area contributed by atoms with Gasteiger partial charge in [0.2, 0.25) is 0 Å². The van der Waals surface area contributed by atoms with Crippen LogP contribution in [0.3, 0.4) is 0 Å². The predicted molar refractivity (Wildman–Crippen MR) is 115 cm³/mol. The van der Waals surface area contributed by atoms with Crippen LogP contribution in [0.2, 0.25) is 0 Å². The van der Waals surface area contributed by atoms with Crippen molar-refractivity contribution in [2.24, 2.45) is 0 Å². The van der Waals surface area contributed by atoms with E-state index in [-0.39, 0.29) is 9.79 Å². The quantitative estimate of drug-likeness (QED) is 0.138. The molecule has 0 radical (unpaired) electrons. The number of benzene rings is 3. The van der Waals surface area contributed by atoms with Crippen LogP contribution in [-0.4, -0.2) is 31.2 Å². The highest BCUT2D eigenvalue weighted by Gasteiger charge is 2.19. The molecule has 3 rings (SSSR count). The van der Waals surface area contributed by atoms with Crippen LogP contribution < -0.4 is 15.9 Å². The van der Waals surface area contributed by atoms with Crippen LogP contribution in [0.1, 0.15) is 0 Å². The molecule has 3 N–H and O–H groups in total. The van der Waals surface area contributed by atoms with Gasteiger partial charge in [0.1, 0.15) is 0 Å². The van der Waals surface area contributed by atoms with Crippen molar-refractivity contribution in [1.82, 2.24) is 0 Å². The third-order valence-electron chi connectivity index (χ3n) is 4.04. The second-order valence-corrected chi connectivity index (χ2v) is 11.8. The molecule has 3 aromatic carbocycles. The van der Waals surface area contributed by atoms with E-state index in [1.54, 1.807) is 48.5 Å². The van der Waals surface area contributed by atoms with E-state index in [4.69, 9.17) is 5.26 Å². The minimum atomic E-state index is -4.35. The molecule has 0 saturated carbocycles. The first-order valence-corrected chi connectivity index (χ1v) is 13.3. The van der Waals surface area contributed by atoms with Gasteiger partial charge in [-0.3, -0.25) is 9.11 Å². The first-order chi connectivity index (χ1) is 14.6. The van der Waals surface area contributed by atoms with Crippen LogP contribution in [0.4, 0.5) is 0 Å². The minimum Gasteiger partial charge on any atom is -0.282 e. The Morgan fingerprint density at radius 3 is 1.32 bits per heavy atom. The van der Waals surface area contributed by atoms with Crippen molar-refractivity contribution in [3.8, 4) is 0 Å². The van der Waals surface area contributed by atoms with E-state index in [1.165, 1.54) is 24.3 Å². The lowest BCUT2D eigenvalue weighted by molar-refractivity contribution is -0.432. The fourth-order valence-electron chi connectivity index (χ4n) is 2.69. The maximum atomic E-state index is 11.3. The van der Waals surface area contributed by atoms with Crippen molar-refractivity contribution >= 4 is 56.1 Å². The van der Waals surface area contributed by atoms with Gasteiger partial charge in [0.25, 0.3) is 20.2 Å². The van der Waals surface area contributed by atoms with Gasteiger partial charge in [-0.2, -0.15) is 16.8 Å². The lowest BCUT2D eigenvalue weighted by Crippen LogP contribution is -2.21. The molecular formula is C18H15O9PS3. The molecule has 0 heterocycles. The van der Waals surface area contributed by atoms with Gasteiger partial charge in [0, 0.05) is 4.90 Å².